The first-order valence-corrected chi connectivity index (χ1v) is 6.71. The lowest BCUT2D eigenvalue weighted by Gasteiger charge is -2.29. The quantitative estimate of drug-likeness (QED) is 0.779. The van der Waals surface area contributed by atoms with Crippen molar-refractivity contribution in [2.45, 2.75) is 25.9 Å². The summed E-state index contributed by atoms with van der Waals surface area (Å²) < 4.78 is 10.8. The highest BCUT2D eigenvalue weighted by Crippen LogP contribution is 2.14. The van der Waals surface area contributed by atoms with Crippen molar-refractivity contribution in [2.24, 2.45) is 0 Å². The van der Waals surface area contributed by atoms with E-state index in [1.165, 1.54) is 0 Å². The van der Waals surface area contributed by atoms with Crippen molar-refractivity contribution in [3.05, 3.63) is 29.8 Å². The Morgan fingerprint density at radius 1 is 1.47 bits per heavy atom. The summed E-state index contributed by atoms with van der Waals surface area (Å²) in [6.45, 7) is 3.86. The standard InChI is InChI=1S/C15H21NO3/c1-12-5-3-6-13(9-12)18-11-15(17)19-14-7-4-8-16(2)10-14/h3,5-6,9,14H,4,7-8,10-11H2,1-2H3/t14-/m1/s1. The van der Waals surface area contributed by atoms with Gasteiger partial charge in [0.15, 0.2) is 6.61 Å². The Morgan fingerprint density at radius 2 is 2.32 bits per heavy atom. The topological polar surface area (TPSA) is 38.8 Å². The van der Waals surface area contributed by atoms with E-state index in [0.29, 0.717) is 5.75 Å². The van der Waals surface area contributed by atoms with Crippen molar-refractivity contribution in [2.75, 3.05) is 26.7 Å². The largest absolute Gasteiger partial charge is 0.482 e. The van der Waals surface area contributed by atoms with Crippen molar-refractivity contribution in [3.63, 3.8) is 0 Å². The number of benzene rings is 1. The van der Waals surface area contributed by atoms with Gasteiger partial charge >= 0.3 is 5.97 Å². The number of hydrogen-bond acceptors (Lipinski definition) is 4. The molecule has 1 aromatic rings. The van der Waals surface area contributed by atoms with Crippen molar-refractivity contribution < 1.29 is 14.3 Å². The predicted molar refractivity (Wildman–Crippen MR) is 73.3 cm³/mol. The van der Waals surface area contributed by atoms with Crippen molar-refractivity contribution >= 4 is 5.97 Å². The second kappa shape index (κ2) is 6.57. The third-order valence-electron chi connectivity index (χ3n) is 3.23. The number of aryl methyl sites for hydroxylation is 1. The Kier molecular flexibility index (Phi) is 4.80. The molecule has 0 spiro atoms. The van der Waals surface area contributed by atoms with Crippen LogP contribution in [0.4, 0.5) is 0 Å². The SMILES string of the molecule is Cc1cccc(OCC(=O)O[C@@H]2CCCN(C)C2)c1. The molecule has 0 amide bonds. The maximum Gasteiger partial charge on any atom is 0.344 e. The van der Waals surface area contributed by atoms with E-state index in [2.05, 4.69) is 4.90 Å². The molecule has 0 saturated carbocycles. The number of nitrogens with zero attached hydrogens (tertiary/aromatic N) is 1. The minimum absolute atomic E-state index is 0.00681. The average molecular weight is 263 g/mol. The number of piperidine rings is 1. The van der Waals surface area contributed by atoms with Gasteiger partial charge in [-0.2, -0.15) is 0 Å². The van der Waals surface area contributed by atoms with Crippen LogP contribution in [0.1, 0.15) is 18.4 Å². The van der Waals surface area contributed by atoms with E-state index >= 15 is 0 Å². The van der Waals surface area contributed by atoms with E-state index in [9.17, 15) is 4.79 Å². The number of hydrogen-bond donors (Lipinski definition) is 0. The molecule has 104 valence electrons. The van der Waals surface area contributed by atoms with Crippen molar-refractivity contribution in [3.8, 4) is 5.75 Å². The molecule has 0 radical (unpaired) electrons. The fourth-order valence-electron chi connectivity index (χ4n) is 2.28. The Bertz CT molecular complexity index is 433. The van der Waals surface area contributed by atoms with E-state index in [4.69, 9.17) is 9.47 Å². The van der Waals surface area contributed by atoms with Gasteiger partial charge in [-0.15, -0.1) is 0 Å². The lowest BCUT2D eigenvalue weighted by Crippen LogP contribution is -2.38. The summed E-state index contributed by atoms with van der Waals surface area (Å²) in [6, 6.07) is 7.64. The number of likely N-dealkylation sites (N-methyl/N-ethyl adjacent to an activating group) is 1. The molecular weight excluding hydrogens is 242 g/mol. The Morgan fingerprint density at radius 3 is 3.05 bits per heavy atom. The summed E-state index contributed by atoms with van der Waals surface area (Å²) in [6.07, 6.45) is 2.03. The zero-order valence-corrected chi connectivity index (χ0v) is 11.6. The van der Waals surface area contributed by atoms with E-state index in [1.54, 1.807) is 0 Å². The highest BCUT2D eigenvalue weighted by molar-refractivity contribution is 5.71. The minimum atomic E-state index is -0.290. The number of rotatable bonds is 4. The Labute approximate surface area is 114 Å². The van der Waals surface area contributed by atoms with Crippen LogP contribution in [0, 0.1) is 6.92 Å². The number of ether oxygens (including phenoxy) is 2. The summed E-state index contributed by atoms with van der Waals surface area (Å²) in [4.78, 5) is 13.9. The van der Waals surface area contributed by atoms with E-state index in [-0.39, 0.29) is 18.7 Å². The lowest BCUT2D eigenvalue weighted by atomic mass is 10.1. The van der Waals surface area contributed by atoms with Crippen LogP contribution in [0.5, 0.6) is 5.75 Å². The van der Waals surface area contributed by atoms with Crippen LogP contribution < -0.4 is 4.74 Å². The number of esters is 1. The fraction of sp³-hybridized carbons (Fsp3) is 0.533. The van der Waals surface area contributed by atoms with Gasteiger partial charge in [0.1, 0.15) is 11.9 Å². The van der Waals surface area contributed by atoms with Gasteiger partial charge in [-0.05, 0) is 51.1 Å². The van der Waals surface area contributed by atoms with Crippen molar-refractivity contribution in [1.29, 1.82) is 0 Å². The van der Waals surface area contributed by atoms with Gasteiger partial charge in [0.05, 0.1) is 0 Å². The van der Waals surface area contributed by atoms with Gasteiger partial charge in [-0.3, -0.25) is 0 Å². The zero-order chi connectivity index (χ0) is 13.7. The summed E-state index contributed by atoms with van der Waals surface area (Å²) in [5, 5.41) is 0. The molecule has 0 aromatic heterocycles. The monoisotopic (exact) mass is 263 g/mol. The van der Waals surface area contributed by atoms with Crippen LogP contribution >= 0.6 is 0 Å². The van der Waals surface area contributed by atoms with Gasteiger partial charge in [0, 0.05) is 6.54 Å². The van der Waals surface area contributed by atoms with Crippen LogP contribution in [0.3, 0.4) is 0 Å². The molecule has 1 aliphatic heterocycles. The van der Waals surface area contributed by atoms with Gasteiger partial charge < -0.3 is 14.4 Å². The first-order chi connectivity index (χ1) is 9.13. The molecule has 1 saturated heterocycles. The molecular formula is C15H21NO3. The first kappa shape index (κ1) is 13.9. The highest BCUT2D eigenvalue weighted by Gasteiger charge is 2.20. The van der Waals surface area contributed by atoms with Gasteiger partial charge in [-0.1, -0.05) is 12.1 Å². The Balaban J connectivity index is 1.75. The number of likely N-dealkylation sites (tertiary alicyclic amines) is 1. The molecule has 4 heteroatoms. The minimum Gasteiger partial charge on any atom is -0.482 e. The van der Waals surface area contributed by atoms with E-state index < -0.39 is 0 Å². The van der Waals surface area contributed by atoms with Gasteiger partial charge in [-0.25, -0.2) is 4.79 Å². The number of carbonyl (C=O) groups excluding carboxylic acids is 1. The van der Waals surface area contributed by atoms with Crippen LogP contribution in [0.25, 0.3) is 0 Å². The van der Waals surface area contributed by atoms with E-state index in [0.717, 1.165) is 31.5 Å². The maximum absolute atomic E-state index is 11.7. The summed E-state index contributed by atoms with van der Waals surface area (Å²) in [5.41, 5.74) is 1.11. The smallest absolute Gasteiger partial charge is 0.344 e. The summed E-state index contributed by atoms with van der Waals surface area (Å²) >= 11 is 0. The summed E-state index contributed by atoms with van der Waals surface area (Å²) in [5.74, 6) is 0.416. The molecule has 1 fully saturated rings. The second-order valence-electron chi connectivity index (χ2n) is 5.12. The number of carbonyl (C=O) groups is 1. The van der Waals surface area contributed by atoms with Crippen molar-refractivity contribution in [1.82, 2.24) is 4.90 Å². The van der Waals surface area contributed by atoms with Crippen LogP contribution in [-0.2, 0) is 9.53 Å². The molecule has 1 atom stereocenters. The van der Waals surface area contributed by atoms with Crippen LogP contribution in [0.2, 0.25) is 0 Å². The third-order valence-corrected chi connectivity index (χ3v) is 3.23. The molecule has 0 N–H and O–H groups in total. The molecule has 0 aliphatic carbocycles. The molecule has 0 unspecified atom stereocenters. The summed E-state index contributed by atoms with van der Waals surface area (Å²) in [7, 11) is 2.04. The van der Waals surface area contributed by atoms with Gasteiger partial charge in [0.2, 0.25) is 0 Å². The molecule has 0 bridgehead atoms. The normalized spacial score (nSPS) is 20.0. The first-order valence-electron chi connectivity index (χ1n) is 6.71. The lowest BCUT2D eigenvalue weighted by molar-refractivity contribution is -0.153. The predicted octanol–water partition coefficient (Wildman–Crippen LogP) is 2.01. The molecule has 4 nitrogen and oxygen atoms in total. The molecule has 19 heavy (non-hydrogen) atoms. The molecule has 2 rings (SSSR count). The van der Waals surface area contributed by atoms with Crippen LogP contribution in [-0.4, -0.2) is 43.7 Å². The van der Waals surface area contributed by atoms with Gasteiger partial charge in [0.25, 0.3) is 0 Å². The molecule has 1 aromatic carbocycles. The second-order valence-corrected chi connectivity index (χ2v) is 5.12. The molecule has 1 heterocycles. The zero-order valence-electron chi connectivity index (χ0n) is 11.6. The Hall–Kier alpha value is -1.55. The third kappa shape index (κ3) is 4.56. The van der Waals surface area contributed by atoms with E-state index in [1.807, 2.05) is 38.2 Å². The molecule has 1 aliphatic rings. The average Bonchev–Trinajstić information content (AvgIpc) is 2.36. The maximum atomic E-state index is 11.7. The highest BCUT2D eigenvalue weighted by atomic mass is 16.6. The van der Waals surface area contributed by atoms with Crippen LogP contribution in [0.15, 0.2) is 24.3 Å². The fourth-order valence-corrected chi connectivity index (χ4v) is 2.28.